The quantitative estimate of drug-likeness (QED) is 0.823. The fourth-order valence-electron chi connectivity index (χ4n) is 1.32. The van der Waals surface area contributed by atoms with Gasteiger partial charge in [0, 0.05) is 17.6 Å². The fourth-order valence-corrected chi connectivity index (χ4v) is 2.27. The number of halogens is 1. The van der Waals surface area contributed by atoms with E-state index < -0.39 is 11.8 Å². The van der Waals surface area contributed by atoms with Crippen LogP contribution in [0.3, 0.4) is 0 Å². The Morgan fingerprint density at radius 2 is 2.24 bits per heavy atom. The molecule has 0 fully saturated rings. The van der Waals surface area contributed by atoms with E-state index in [0.29, 0.717) is 17.7 Å². The summed E-state index contributed by atoms with van der Waals surface area (Å²) in [6, 6.07) is 3.79. The van der Waals surface area contributed by atoms with Crippen molar-refractivity contribution >= 4 is 17.7 Å². The van der Waals surface area contributed by atoms with Gasteiger partial charge in [-0.2, -0.15) is 11.8 Å². The minimum absolute atomic E-state index is 0.0943. The molecule has 1 unspecified atom stereocenters. The van der Waals surface area contributed by atoms with Crippen molar-refractivity contribution in [2.75, 3.05) is 6.61 Å². The highest BCUT2D eigenvalue weighted by Gasteiger charge is 2.10. The number of aliphatic hydroxyl groups is 1. The summed E-state index contributed by atoms with van der Waals surface area (Å²) in [5.74, 6) is -1.04. The van der Waals surface area contributed by atoms with Gasteiger partial charge in [-0.3, -0.25) is 0 Å². The van der Waals surface area contributed by atoms with E-state index in [2.05, 4.69) is 0 Å². The Bertz CT molecular complexity index is 395. The molecule has 17 heavy (non-hydrogen) atoms. The Morgan fingerprint density at radius 1 is 1.53 bits per heavy atom. The second-order valence-corrected chi connectivity index (χ2v) is 5.17. The van der Waals surface area contributed by atoms with Crippen LogP contribution in [0.4, 0.5) is 4.39 Å². The van der Waals surface area contributed by atoms with Gasteiger partial charge in [0.15, 0.2) is 0 Å². The zero-order valence-electron chi connectivity index (χ0n) is 9.52. The van der Waals surface area contributed by atoms with Gasteiger partial charge < -0.3 is 10.2 Å². The Labute approximate surface area is 104 Å². The maximum absolute atomic E-state index is 13.4. The molecule has 0 bridgehead atoms. The van der Waals surface area contributed by atoms with E-state index in [1.54, 1.807) is 0 Å². The summed E-state index contributed by atoms with van der Waals surface area (Å²) >= 11 is 1.50. The largest absolute Gasteiger partial charge is 0.478 e. The van der Waals surface area contributed by atoms with E-state index in [9.17, 15) is 9.18 Å². The predicted octanol–water partition coefficient (Wildman–Crippen LogP) is 2.53. The lowest BCUT2D eigenvalue weighted by molar-refractivity contribution is 0.0696. The predicted molar refractivity (Wildman–Crippen MR) is 65.8 cm³/mol. The first-order valence-electron chi connectivity index (χ1n) is 5.28. The molecule has 0 saturated carbocycles. The van der Waals surface area contributed by atoms with Gasteiger partial charge in [-0.05, 0) is 30.2 Å². The van der Waals surface area contributed by atoms with Crippen LogP contribution in [0.2, 0.25) is 0 Å². The molecule has 0 aromatic heterocycles. The van der Waals surface area contributed by atoms with E-state index in [1.165, 1.54) is 30.0 Å². The number of aromatic carboxylic acids is 1. The lowest BCUT2D eigenvalue weighted by Gasteiger charge is -2.10. The SMILES string of the molecule is CC(CCO)SCc1cc(C(=O)O)ccc1F. The lowest BCUT2D eigenvalue weighted by atomic mass is 10.1. The molecular formula is C12H15FO3S. The van der Waals surface area contributed by atoms with Gasteiger partial charge in [0.25, 0.3) is 0 Å². The standard InChI is InChI=1S/C12H15FO3S/c1-8(4-5-14)17-7-10-6-9(12(15)16)2-3-11(10)13/h2-3,6,8,14H,4-5,7H2,1H3,(H,15,16). The third-order valence-corrected chi connectivity index (χ3v) is 3.63. The molecule has 1 aromatic rings. The number of hydrogen-bond acceptors (Lipinski definition) is 3. The first kappa shape index (κ1) is 14.0. The van der Waals surface area contributed by atoms with Crippen LogP contribution < -0.4 is 0 Å². The fraction of sp³-hybridized carbons (Fsp3) is 0.417. The summed E-state index contributed by atoms with van der Waals surface area (Å²) in [5.41, 5.74) is 0.483. The molecule has 0 heterocycles. The number of rotatable bonds is 6. The van der Waals surface area contributed by atoms with Gasteiger partial charge in [-0.15, -0.1) is 0 Å². The third kappa shape index (κ3) is 4.36. The van der Waals surface area contributed by atoms with Crippen molar-refractivity contribution in [3.63, 3.8) is 0 Å². The summed E-state index contributed by atoms with van der Waals surface area (Å²) < 4.78 is 13.4. The van der Waals surface area contributed by atoms with Crippen molar-refractivity contribution in [1.29, 1.82) is 0 Å². The van der Waals surface area contributed by atoms with E-state index in [0.717, 1.165) is 0 Å². The first-order chi connectivity index (χ1) is 8.04. The van der Waals surface area contributed by atoms with Crippen LogP contribution in [0.1, 0.15) is 29.3 Å². The zero-order chi connectivity index (χ0) is 12.8. The summed E-state index contributed by atoms with van der Waals surface area (Å²) in [4.78, 5) is 10.7. The molecule has 3 nitrogen and oxygen atoms in total. The Hall–Kier alpha value is -1.07. The van der Waals surface area contributed by atoms with Crippen LogP contribution in [0, 0.1) is 5.82 Å². The van der Waals surface area contributed by atoms with Gasteiger partial charge in [-0.25, -0.2) is 9.18 Å². The van der Waals surface area contributed by atoms with E-state index in [1.807, 2.05) is 6.92 Å². The van der Waals surface area contributed by atoms with Crippen molar-refractivity contribution < 1.29 is 19.4 Å². The van der Waals surface area contributed by atoms with Gasteiger partial charge in [0.1, 0.15) is 5.82 Å². The molecule has 2 N–H and O–H groups in total. The van der Waals surface area contributed by atoms with Crippen LogP contribution in [0.15, 0.2) is 18.2 Å². The molecule has 0 aliphatic heterocycles. The Kier molecular flexibility index (Phi) is 5.44. The molecule has 0 radical (unpaired) electrons. The number of hydrogen-bond donors (Lipinski definition) is 2. The Morgan fingerprint density at radius 3 is 2.82 bits per heavy atom. The Balaban J connectivity index is 2.69. The summed E-state index contributed by atoms with van der Waals surface area (Å²) in [5, 5.41) is 17.8. The maximum atomic E-state index is 13.4. The highest BCUT2D eigenvalue weighted by atomic mass is 32.2. The molecule has 0 spiro atoms. The summed E-state index contributed by atoms with van der Waals surface area (Å²) in [6.45, 7) is 2.05. The second-order valence-electron chi connectivity index (χ2n) is 3.75. The average molecular weight is 258 g/mol. The lowest BCUT2D eigenvalue weighted by Crippen LogP contribution is -2.02. The van der Waals surface area contributed by atoms with Crippen molar-refractivity contribution in [2.45, 2.75) is 24.3 Å². The average Bonchev–Trinajstić information content (AvgIpc) is 2.28. The first-order valence-corrected chi connectivity index (χ1v) is 6.33. The molecule has 5 heteroatoms. The van der Waals surface area contributed by atoms with Crippen LogP contribution in [0.25, 0.3) is 0 Å². The normalized spacial score (nSPS) is 12.4. The topological polar surface area (TPSA) is 57.5 Å². The molecule has 0 amide bonds. The van der Waals surface area contributed by atoms with Gasteiger partial charge >= 0.3 is 5.97 Å². The highest BCUT2D eigenvalue weighted by molar-refractivity contribution is 7.99. The van der Waals surface area contributed by atoms with Crippen molar-refractivity contribution in [3.8, 4) is 0 Å². The third-order valence-electron chi connectivity index (χ3n) is 2.35. The minimum atomic E-state index is -1.06. The molecule has 0 saturated heterocycles. The molecule has 0 aliphatic carbocycles. The van der Waals surface area contributed by atoms with Crippen molar-refractivity contribution in [2.24, 2.45) is 0 Å². The molecular weight excluding hydrogens is 243 g/mol. The second kappa shape index (κ2) is 6.61. The molecule has 1 rings (SSSR count). The molecule has 1 atom stereocenters. The van der Waals surface area contributed by atoms with Crippen LogP contribution >= 0.6 is 11.8 Å². The zero-order valence-corrected chi connectivity index (χ0v) is 10.3. The number of aliphatic hydroxyl groups excluding tert-OH is 1. The van der Waals surface area contributed by atoms with Crippen LogP contribution in [-0.2, 0) is 5.75 Å². The molecule has 1 aromatic carbocycles. The molecule has 94 valence electrons. The summed E-state index contributed by atoms with van der Waals surface area (Å²) in [6.07, 6.45) is 0.644. The number of benzene rings is 1. The molecule has 0 aliphatic rings. The van der Waals surface area contributed by atoms with Crippen LogP contribution in [0.5, 0.6) is 0 Å². The summed E-state index contributed by atoms with van der Waals surface area (Å²) in [7, 11) is 0. The number of carboxylic acid groups (broad SMARTS) is 1. The monoisotopic (exact) mass is 258 g/mol. The van der Waals surface area contributed by atoms with Crippen LogP contribution in [-0.4, -0.2) is 28.0 Å². The highest BCUT2D eigenvalue weighted by Crippen LogP contribution is 2.22. The number of carbonyl (C=O) groups is 1. The van der Waals surface area contributed by atoms with E-state index >= 15 is 0 Å². The van der Waals surface area contributed by atoms with Gasteiger partial charge in [-0.1, -0.05) is 6.92 Å². The van der Waals surface area contributed by atoms with Gasteiger partial charge in [0.2, 0.25) is 0 Å². The van der Waals surface area contributed by atoms with Crippen molar-refractivity contribution in [1.82, 2.24) is 0 Å². The van der Waals surface area contributed by atoms with Crippen molar-refractivity contribution in [3.05, 3.63) is 35.1 Å². The van der Waals surface area contributed by atoms with E-state index in [4.69, 9.17) is 10.2 Å². The minimum Gasteiger partial charge on any atom is -0.478 e. The number of carboxylic acids is 1. The maximum Gasteiger partial charge on any atom is 0.335 e. The smallest absolute Gasteiger partial charge is 0.335 e. The number of thioether (sulfide) groups is 1. The van der Waals surface area contributed by atoms with Gasteiger partial charge in [0.05, 0.1) is 5.56 Å². The van der Waals surface area contributed by atoms with E-state index in [-0.39, 0.29) is 17.4 Å².